The molecule has 6 aliphatic rings. The van der Waals surface area contributed by atoms with Crippen LogP contribution in [-0.2, 0) is 41.6 Å². The normalized spacial score (nSPS) is 26.2. The van der Waals surface area contributed by atoms with Crippen LogP contribution in [0.4, 0.5) is 4.79 Å². The van der Waals surface area contributed by atoms with E-state index in [1.165, 1.54) is 29.2 Å². The maximum absolute atomic E-state index is 15.3. The van der Waals surface area contributed by atoms with Gasteiger partial charge in [-0.15, -0.1) is 23.1 Å². The van der Waals surface area contributed by atoms with Gasteiger partial charge in [0, 0.05) is 110 Å². The van der Waals surface area contributed by atoms with E-state index in [0.29, 0.717) is 57.6 Å². The van der Waals surface area contributed by atoms with Gasteiger partial charge in [0.05, 0.1) is 39.5 Å². The second-order valence-electron chi connectivity index (χ2n) is 21.1. The molecule has 4 fully saturated rings. The average Bonchev–Trinajstić information content (AvgIpc) is 3.96. The molecular formula is C52H65N9O7S2. The number of nitrogens with one attached hydrogen (secondary N) is 2. The molecule has 1 aromatic carbocycles. The van der Waals surface area contributed by atoms with Crippen LogP contribution in [0, 0.1) is 16.7 Å². The lowest BCUT2D eigenvalue weighted by Gasteiger charge is -2.57. The van der Waals surface area contributed by atoms with Crippen molar-refractivity contribution >= 4 is 63.7 Å². The number of amides is 5. The molecule has 4 saturated heterocycles. The number of thiazole rings is 1. The van der Waals surface area contributed by atoms with E-state index in [0.717, 1.165) is 62.6 Å². The summed E-state index contributed by atoms with van der Waals surface area (Å²) in [5.74, 6) is -1.19. The second kappa shape index (κ2) is 18.4. The molecule has 10 rings (SSSR count). The molecule has 6 atom stereocenters. The molecule has 1 aliphatic carbocycles. The number of urea groups is 1. The Morgan fingerprint density at radius 3 is 2.56 bits per heavy atom. The Hall–Kier alpha value is -5.30. The van der Waals surface area contributed by atoms with Crippen molar-refractivity contribution < 1.29 is 33.4 Å². The SMILES string of the molecule is C=CC(=O)N1CCC2(CC1)CCN2C(=O)N(C)[C@H](C(=O)NC1SC[C@@]12Cc1nc(cs1)-c1ccc3c(c1)c1c(n3CC)-c3cccnc3[C@@H](OC)C1C(C)(C)COC(=O)[C@@H]1CCCN(N1)C2=O)C(C)C. The molecule has 70 heavy (non-hydrogen) atoms. The Morgan fingerprint density at radius 1 is 1.11 bits per heavy atom. The number of thioether (sulfide) groups is 1. The zero-order chi connectivity index (χ0) is 49.4. The van der Waals surface area contributed by atoms with Gasteiger partial charge in [-0.2, -0.15) is 0 Å². The fraction of sp³-hybridized carbons (Fsp3) is 0.558. The molecule has 8 heterocycles. The first-order chi connectivity index (χ1) is 33.6. The van der Waals surface area contributed by atoms with Crippen LogP contribution in [0.15, 0.2) is 54.6 Å². The first-order valence-electron chi connectivity index (χ1n) is 24.8. The van der Waals surface area contributed by atoms with Gasteiger partial charge in [-0.25, -0.2) is 15.2 Å². The Kier molecular flexibility index (Phi) is 12.7. The summed E-state index contributed by atoms with van der Waals surface area (Å²) in [7, 11) is 3.41. The zero-order valence-corrected chi connectivity index (χ0v) is 42.9. The first kappa shape index (κ1) is 48.3. The number of piperidine rings is 1. The van der Waals surface area contributed by atoms with Crippen LogP contribution in [0.3, 0.4) is 0 Å². The average molecular weight is 992 g/mol. The van der Waals surface area contributed by atoms with Gasteiger partial charge in [0.1, 0.15) is 18.2 Å². The van der Waals surface area contributed by atoms with Crippen molar-refractivity contribution in [3.05, 3.63) is 70.8 Å². The Bertz CT molecular complexity index is 2760. The van der Waals surface area contributed by atoms with Crippen molar-refractivity contribution in [2.75, 3.05) is 52.7 Å². The molecule has 18 heteroatoms. The molecule has 372 valence electrons. The number of methoxy groups -OCH3 is 1. The van der Waals surface area contributed by atoms with Crippen LogP contribution in [0.1, 0.15) is 95.0 Å². The highest BCUT2D eigenvalue weighted by Gasteiger charge is 2.58. The summed E-state index contributed by atoms with van der Waals surface area (Å²) in [6.07, 6.45) is 6.20. The number of hydrazine groups is 1. The van der Waals surface area contributed by atoms with Crippen LogP contribution < -0.4 is 10.7 Å². The van der Waals surface area contributed by atoms with Gasteiger partial charge in [0.15, 0.2) is 0 Å². The lowest BCUT2D eigenvalue weighted by molar-refractivity contribution is -0.158. The molecule has 16 nitrogen and oxygen atoms in total. The number of hydrogen-bond acceptors (Lipinski definition) is 12. The number of likely N-dealkylation sites (tertiary alicyclic amines) is 2. The molecule has 2 spiro atoms. The number of cyclic esters (lactones) is 1. The zero-order valence-electron chi connectivity index (χ0n) is 41.3. The molecule has 6 bridgehead atoms. The Morgan fingerprint density at radius 2 is 1.89 bits per heavy atom. The van der Waals surface area contributed by atoms with Crippen molar-refractivity contribution in [3.8, 4) is 22.5 Å². The number of aromatic nitrogens is 3. The topological polar surface area (TPSA) is 172 Å². The number of pyridine rings is 1. The highest BCUT2D eigenvalue weighted by atomic mass is 32.2. The molecule has 2 N–H and O–H groups in total. The Labute approximate surface area is 417 Å². The van der Waals surface area contributed by atoms with E-state index in [1.54, 1.807) is 35.2 Å². The van der Waals surface area contributed by atoms with Crippen molar-refractivity contribution in [2.24, 2.45) is 16.7 Å². The number of rotatable bonds is 7. The summed E-state index contributed by atoms with van der Waals surface area (Å²) < 4.78 is 15.0. The third-order valence-corrected chi connectivity index (χ3v) is 18.7. The van der Waals surface area contributed by atoms with Gasteiger partial charge in [-0.05, 0) is 80.9 Å². The van der Waals surface area contributed by atoms with Crippen LogP contribution in [-0.4, -0.2) is 140 Å². The van der Waals surface area contributed by atoms with Crippen molar-refractivity contribution in [2.45, 2.75) is 115 Å². The standard InChI is InChI=1S/C52H65N9O7S2/c1-9-38(62)58-22-17-51(18-23-58)19-24-60(51)49(66)57(7)42(30(3)4)45(63)55-47-52(29-70-47)26-37-54-35(27-69-37)31-15-16-36-33(25-31)39-40(44(67-8)41-32(13-11-20-53-41)43(39)59(36)10-2)50(5,6)28-68-46(64)34-14-12-21-61(56-34)48(52)65/h9,11,13,15-16,20,25,27,30,34,40,42,44,47,56H,1,10,12,14,17-19,21-24,26,28-29H2,2-8H3,(H,55,63)/t34-,40?,42-,44-,47?,52-/m0/s1. The lowest BCUT2D eigenvalue weighted by atomic mass is 9.67. The summed E-state index contributed by atoms with van der Waals surface area (Å²) in [6, 6.07) is 8.75. The van der Waals surface area contributed by atoms with Crippen molar-refractivity contribution in [3.63, 3.8) is 0 Å². The van der Waals surface area contributed by atoms with E-state index in [9.17, 15) is 19.2 Å². The highest BCUT2D eigenvalue weighted by Crippen LogP contribution is 2.57. The van der Waals surface area contributed by atoms with E-state index in [4.69, 9.17) is 19.4 Å². The van der Waals surface area contributed by atoms with Gasteiger partial charge in [-0.1, -0.05) is 40.3 Å². The number of benzene rings is 1. The number of esters is 1. The smallest absolute Gasteiger partial charge is 0.324 e. The van der Waals surface area contributed by atoms with E-state index in [2.05, 4.69) is 66.9 Å². The molecule has 2 unspecified atom stereocenters. The summed E-state index contributed by atoms with van der Waals surface area (Å²) in [6.45, 7) is 16.7. The third-order valence-electron chi connectivity index (χ3n) is 16.2. The molecule has 0 radical (unpaired) electrons. The first-order valence-corrected chi connectivity index (χ1v) is 26.7. The predicted molar refractivity (Wildman–Crippen MR) is 269 cm³/mol. The number of aryl methyl sites for hydroxylation is 1. The fourth-order valence-corrected chi connectivity index (χ4v) is 14.6. The minimum atomic E-state index is -1.12. The van der Waals surface area contributed by atoms with Crippen LogP contribution in [0.5, 0.6) is 0 Å². The number of ether oxygens (including phenoxy) is 2. The van der Waals surface area contributed by atoms with Crippen LogP contribution >= 0.6 is 23.1 Å². The van der Waals surface area contributed by atoms with Gasteiger partial charge >= 0.3 is 12.0 Å². The lowest BCUT2D eigenvalue weighted by Crippen LogP contribution is -2.70. The van der Waals surface area contributed by atoms with E-state index < -0.39 is 40.4 Å². The summed E-state index contributed by atoms with van der Waals surface area (Å²) in [4.78, 5) is 86.3. The quantitative estimate of drug-likeness (QED) is 0.148. The summed E-state index contributed by atoms with van der Waals surface area (Å²) in [5, 5.41) is 8.05. The van der Waals surface area contributed by atoms with E-state index in [1.807, 2.05) is 30.2 Å². The molecule has 4 aromatic rings. The molecule has 3 aromatic heterocycles. The fourth-order valence-electron chi connectivity index (χ4n) is 12.3. The molecule has 0 saturated carbocycles. The predicted octanol–water partition coefficient (Wildman–Crippen LogP) is 6.76. The minimum absolute atomic E-state index is 0.0920. The molecular weight excluding hydrogens is 927 g/mol. The van der Waals surface area contributed by atoms with Crippen molar-refractivity contribution in [1.82, 2.24) is 45.0 Å². The maximum atomic E-state index is 15.3. The number of hydrogen-bond donors (Lipinski definition) is 2. The van der Waals surface area contributed by atoms with Crippen molar-refractivity contribution in [1.29, 1.82) is 0 Å². The second-order valence-corrected chi connectivity index (χ2v) is 23.1. The monoisotopic (exact) mass is 991 g/mol. The molecule has 5 amide bonds. The number of carbonyl (C=O) groups is 5. The number of likely N-dealkylation sites (N-methyl/N-ethyl adjacent to an activating group) is 1. The highest BCUT2D eigenvalue weighted by molar-refractivity contribution is 8.01. The number of fused-ring (bicyclic) bond motifs is 8. The third kappa shape index (κ3) is 7.82. The molecule has 5 aliphatic heterocycles. The number of carbonyl (C=O) groups excluding carboxylic acids is 5. The van der Waals surface area contributed by atoms with E-state index in [-0.39, 0.29) is 54.2 Å². The van der Waals surface area contributed by atoms with Crippen LogP contribution in [0.25, 0.3) is 33.4 Å². The van der Waals surface area contributed by atoms with Gasteiger partial charge in [0.25, 0.3) is 0 Å². The summed E-state index contributed by atoms with van der Waals surface area (Å²) in [5.41, 5.74) is 8.04. The number of nitrogens with zero attached hydrogens (tertiary/aromatic N) is 7. The maximum Gasteiger partial charge on any atom is 0.324 e. The van der Waals surface area contributed by atoms with Gasteiger partial charge in [0.2, 0.25) is 17.7 Å². The minimum Gasteiger partial charge on any atom is -0.464 e. The van der Waals surface area contributed by atoms with Gasteiger partial charge < -0.3 is 34.1 Å². The summed E-state index contributed by atoms with van der Waals surface area (Å²) >= 11 is 2.99. The largest absolute Gasteiger partial charge is 0.464 e. The van der Waals surface area contributed by atoms with Crippen LogP contribution in [0.2, 0.25) is 0 Å². The van der Waals surface area contributed by atoms with E-state index >= 15 is 4.79 Å². The Balaban J connectivity index is 0.985. The van der Waals surface area contributed by atoms with Gasteiger partial charge in [-0.3, -0.25) is 29.2 Å².